The molecule has 0 aliphatic heterocycles. The summed E-state index contributed by atoms with van der Waals surface area (Å²) in [6.07, 6.45) is 0. The van der Waals surface area contributed by atoms with Gasteiger partial charge in [0.15, 0.2) is 6.61 Å². The van der Waals surface area contributed by atoms with Gasteiger partial charge in [0.25, 0.3) is 0 Å². The molecule has 3 nitrogen and oxygen atoms in total. The molecule has 0 saturated carbocycles. The van der Waals surface area contributed by atoms with E-state index in [1.54, 1.807) is 6.92 Å². The maximum atomic E-state index is 10.3. The van der Waals surface area contributed by atoms with Crippen molar-refractivity contribution in [3.63, 3.8) is 0 Å². The van der Waals surface area contributed by atoms with Crippen LogP contribution in [0.2, 0.25) is 0 Å². The van der Waals surface area contributed by atoms with Crippen LogP contribution in [-0.2, 0) is 14.3 Å². The third-order valence-electron chi connectivity index (χ3n) is 0.664. The summed E-state index contributed by atoms with van der Waals surface area (Å²) in [6, 6.07) is 0. The SMILES string of the molecule is C=C(C)OCC(=O)OC. The van der Waals surface area contributed by atoms with Gasteiger partial charge in [-0.25, -0.2) is 4.79 Å². The van der Waals surface area contributed by atoms with E-state index in [1.807, 2.05) is 0 Å². The average molecular weight is 130 g/mol. The molecule has 0 bridgehead atoms. The van der Waals surface area contributed by atoms with Crippen LogP contribution in [0.1, 0.15) is 6.92 Å². The molecule has 0 fully saturated rings. The molecular weight excluding hydrogens is 120 g/mol. The molecule has 0 saturated heterocycles. The van der Waals surface area contributed by atoms with Crippen molar-refractivity contribution in [3.05, 3.63) is 12.3 Å². The van der Waals surface area contributed by atoms with Crippen molar-refractivity contribution in [1.29, 1.82) is 0 Å². The van der Waals surface area contributed by atoms with E-state index in [0.29, 0.717) is 5.76 Å². The van der Waals surface area contributed by atoms with Crippen molar-refractivity contribution in [1.82, 2.24) is 0 Å². The summed E-state index contributed by atoms with van der Waals surface area (Å²) in [5.74, 6) is 0.124. The average Bonchev–Trinajstić information content (AvgIpc) is 1.83. The summed E-state index contributed by atoms with van der Waals surface area (Å²) >= 11 is 0. The molecule has 0 aromatic rings. The highest BCUT2D eigenvalue weighted by Gasteiger charge is 1.97. The first-order valence-electron chi connectivity index (χ1n) is 2.52. The molecule has 0 N–H and O–H groups in total. The van der Waals surface area contributed by atoms with Crippen molar-refractivity contribution in [2.45, 2.75) is 6.92 Å². The first-order valence-corrected chi connectivity index (χ1v) is 2.52. The van der Waals surface area contributed by atoms with Gasteiger partial charge < -0.3 is 9.47 Å². The first-order chi connectivity index (χ1) is 4.16. The van der Waals surface area contributed by atoms with E-state index in [2.05, 4.69) is 11.3 Å². The number of allylic oxidation sites excluding steroid dienone is 1. The molecule has 0 rings (SSSR count). The smallest absolute Gasteiger partial charge is 0.343 e. The molecule has 0 aliphatic rings. The second kappa shape index (κ2) is 3.95. The fraction of sp³-hybridized carbons (Fsp3) is 0.500. The molecule has 3 heteroatoms. The lowest BCUT2D eigenvalue weighted by atomic mass is 10.6. The van der Waals surface area contributed by atoms with Gasteiger partial charge in [-0.3, -0.25) is 0 Å². The topological polar surface area (TPSA) is 35.5 Å². The molecule has 9 heavy (non-hydrogen) atoms. The standard InChI is InChI=1S/C6H10O3/c1-5(2)9-4-6(7)8-3/h1,4H2,2-3H3. The van der Waals surface area contributed by atoms with Crippen LogP contribution in [-0.4, -0.2) is 19.7 Å². The molecule has 0 aliphatic carbocycles. The van der Waals surface area contributed by atoms with Crippen LogP contribution in [0.3, 0.4) is 0 Å². The molecule has 0 spiro atoms. The summed E-state index contributed by atoms with van der Waals surface area (Å²) in [5.41, 5.74) is 0. The second-order valence-electron chi connectivity index (χ2n) is 1.57. The van der Waals surface area contributed by atoms with Gasteiger partial charge in [-0.05, 0) is 6.92 Å². The Morgan fingerprint density at radius 2 is 2.22 bits per heavy atom. The van der Waals surface area contributed by atoms with Crippen LogP contribution in [0.4, 0.5) is 0 Å². The Kier molecular flexibility index (Phi) is 3.51. The first kappa shape index (κ1) is 8.01. The van der Waals surface area contributed by atoms with E-state index in [-0.39, 0.29) is 6.61 Å². The Bertz CT molecular complexity index is 117. The normalized spacial score (nSPS) is 8.22. The molecule has 0 unspecified atom stereocenters. The molecular formula is C6H10O3. The molecule has 0 radical (unpaired) electrons. The lowest BCUT2D eigenvalue weighted by Gasteiger charge is -2.00. The molecule has 0 atom stereocenters. The van der Waals surface area contributed by atoms with Gasteiger partial charge >= 0.3 is 5.97 Å². The van der Waals surface area contributed by atoms with Gasteiger partial charge in [0.1, 0.15) is 0 Å². The second-order valence-corrected chi connectivity index (χ2v) is 1.57. The van der Waals surface area contributed by atoms with Crippen LogP contribution < -0.4 is 0 Å². The zero-order chi connectivity index (χ0) is 7.28. The summed E-state index contributed by atoms with van der Waals surface area (Å²) < 4.78 is 9.02. The number of esters is 1. The zero-order valence-corrected chi connectivity index (χ0v) is 5.64. The maximum absolute atomic E-state index is 10.3. The Morgan fingerprint density at radius 1 is 1.67 bits per heavy atom. The number of carbonyl (C=O) groups excluding carboxylic acids is 1. The highest BCUT2D eigenvalue weighted by atomic mass is 16.6. The Hall–Kier alpha value is -0.990. The van der Waals surface area contributed by atoms with E-state index in [1.165, 1.54) is 7.11 Å². The van der Waals surface area contributed by atoms with Crippen LogP contribution in [0.15, 0.2) is 12.3 Å². The summed E-state index contributed by atoms with van der Waals surface area (Å²) in [7, 11) is 1.31. The predicted molar refractivity (Wildman–Crippen MR) is 32.8 cm³/mol. The highest BCUT2D eigenvalue weighted by molar-refractivity contribution is 5.70. The van der Waals surface area contributed by atoms with Crippen molar-refractivity contribution >= 4 is 5.97 Å². The number of hydrogen-bond acceptors (Lipinski definition) is 3. The van der Waals surface area contributed by atoms with Crippen molar-refractivity contribution in [2.24, 2.45) is 0 Å². The van der Waals surface area contributed by atoms with Crippen LogP contribution >= 0.6 is 0 Å². The molecule has 0 aromatic heterocycles. The predicted octanol–water partition coefficient (Wildman–Crippen LogP) is 0.710. The summed E-state index contributed by atoms with van der Waals surface area (Å²) in [6.45, 7) is 5.05. The van der Waals surface area contributed by atoms with Gasteiger partial charge in [-0.15, -0.1) is 0 Å². The molecule has 0 aromatic carbocycles. The largest absolute Gasteiger partial charge is 0.487 e. The Balaban J connectivity index is 3.28. The minimum Gasteiger partial charge on any atom is -0.487 e. The number of rotatable bonds is 3. The summed E-state index contributed by atoms with van der Waals surface area (Å²) in [4.78, 5) is 10.3. The van der Waals surface area contributed by atoms with Crippen molar-refractivity contribution < 1.29 is 14.3 Å². The van der Waals surface area contributed by atoms with Crippen LogP contribution in [0.5, 0.6) is 0 Å². The number of hydrogen-bond donors (Lipinski definition) is 0. The highest BCUT2D eigenvalue weighted by Crippen LogP contribution is 1.88. The zero-order valence-electron chi connectivity index (χ0n) is 5.64. The molecule has 0 amide bonds. The number of ether oxygens (including phenoxy) is 2. The van der Waals surface area contributed by atoms with Gasteiger partial charge in [-0.1, -0.05) is 6.58 Å². The lowest BCUT2D eigenvalue weighted by molar-refractivity contribution is -0.144. The minimum absolute atomic E-state index is 0.0498. The van der Waals surface area contributed by atoms with E-state index >= 15 is 0 Å². The van der Waals surface area contributed by atoms with Gasteiger partial charge in [-0.2, -0.15) is 0 Å². The molecule has 0 heterocycles. The third kappa shape index (κ3) is 4.87. The summed E-state index contributed by atoms with van der Waals surface area (Å²) in [5, 5.41) is 0. The van der Waals surface area contributed by atoms with Crippen molar-refractivity contribution in [3.8, 4) is 0 Å². The molecule has 52 valence electrons. The lowest BCUT2D eigenvalue weighted by Crippen LogP contribution is -2.08. The third-order valence-corrected chi connectivity index (χ3v) is 0.664. The van der Waals surface area contributed by atoms with Gasteiger partial charge in [0.2, 0.25) is 0 Å². The van der Waals surface area contributed by atoms with E-state index in [0.717, 1.165) is 0 Å². The van der Waals surface area contributed by atoms with Gasteiger partial charge in [0, 0.05) is 0 Å². The minimum atomic E-state index is -0.391. The van der Waals surface area contributed by atoms with Crippen molar-refractivity contribution in [2.75, 3.05) is 13.7 Å². The van der Waals surface area contributed by atoms with E-state index in [9.17, 15) is 4.79 Å². The maximum Gasteiger partial charge on any atom is 0.343 e. The van der Waals surface area contributed by atoms with E-state index < -0.39 is 5.97 Å². The monoisotopic (exact) mass is 130 g/mol. The van der Waals surface area contributed by atoms with E-state index in [4.69, 9.17) is 4.74 Å². The quantitative estimate of drug-likeness (QED) is 0.417. The number of carbonyl (C=O) groups is 1. The Labute approximate surface area is 54.3 Å². The number of methoxy groups -OCH3 is 1. The fourth-order valence-electron chi connectivity index (χ4n) is 0.241. The van der Waals surface area contributed by atoms with Crippen LogP contribution in [0, 0.1) is 0 Å². The fourth-order valence-corrected chi connectivity index (χ4v) is 0.241. The van der Waals surface area contributed by atoms with Crippen LogP contribution in [0.25, 0.3) is 0 Å². The Morgan fingerprint density at radius 3 is 2.56 bits per heavy atom. The van der Waals surface area contributed by atoms with Gasteiger partial charge in [0.05, 0.1) is 12.9 Å².